The molecule has 6 heteroatoms. The number of hydrogen-bond acceptors (Lipinski definition) is 4. The van der Waals surface area contributed by atoms with Crippen LogP contribution >= 0.6 is 11.8 Å². The lowest BCUT2D eigenvalue weighted by Crippen LogP contribution is -2.31. The summed E-state index contributed by atoms with van der Waals surface area (Å²) in [6.07, 6.45) is 0.512. The summed E-state index contributed by atoms with van der Waals surface area (Å²) >= 11 is 1.28. The summed E-state index contributed by atoms with van der Waals surface area (Å²) in [7, 11) is 0. The minimum Gasteiger partial charge on any atom is -0.321 e. The van der Waals surface area contributed by atoms with Crippen LogP contribution in [0.3, 0.4) is 0 Å². The molecule has 0 saturated carbocycles. The molecule has 1 unspecified atom stereocenters. The Morgan fingerprint density at radius 3 is 2.25 bits per heavy atom. The van der Waals surface area contributed by atoms with Crippen LogP contribution in [0.1, 0.15) is 42.0 Å². The van der Waals surface area contributed by atoms with Gasteiger partial charge in [-0.1, -0.05) is 80.2 Å². The molecule has 1 aliphatic rings. The molecule has 36 heavy (non-hydrogen) atoms. The zero-order valence-corrected chi connectivity index (χ0v) is 21.7. The first-order chi connectivity index (χ1) is 17.3. The molecule has 0 bridgehead atoms. The molecule has 2 amide bonds. The summed E-state index contributed by atoms with van der Waals surface area (Å²) < 4.78 is 0. The third kappa shape index (κ3) is 5.22. The van der Waals surface area contributed by atoms with Crippen LogP contribution in [0.5, 0.6) is 0 Å². The number of anilines is 2. The van der Waals surface area contributed by atoms with Gasteiger partial charge in [0.05, 0.1) is 5.25 Å². The predicted octanol–water partition coefficient (Wildman–Crippen LogP) is 6.49. The number of rotatable bonds is 6. The van der Waals surface area contributed by atoms with Crippen LogP contribution in [0, 0.1) is 25.2 Å². The highest BCUT2D eigenvalue weighted by molar-refractivity contribution is 8.05. The standard InChI is InChI=1S/C30H29N3O2S/c1-19(2)22-13-15-24(16-14-22)33-29(35)27(17-23-11-7-5-9-20(23)3)36-30(33)25(18-31)28(34)32-26-12-8-6-10-21(26)4/h5-16,19,27H,17H2,1-4H3,(H,32,34)/b30-25-. The van der Waals surface area contributed by atoms with Crippen LogP contribution in [0.4, 0.5) is 11.4 Å². The van der Waals surface area contributed by atoms with Crippen LogP contribution in [-0.2, 0) is 16.0 Å². The van der Waals surface area contributed by atoms with Crippen molar-refractivity contribution in [1.82, 2.24) is 0 Å². The molecule has 0 aromatic heterocycles. The van der Waals surface area contributed by atoms with Crippen LogP contribution < -0.4 is 10.2 Å². The van der Waals surface area contributed by atoms with Gasteiger partial charge in [-0.3, -0.25) is 14.5 Å². The number of nitriles is 1. The van der Waals surface area contributed by atoms with Gasteiger partial charge in [0.15, 0.2) is 0 Å². The number of para-hydroxylation sites is 1. The van der Waals surface area contributed by atoms with Gasteiger partial charge in [0.25, 0.3) is 5.91 Å². The number of carbonyl (C=O) groups excluding carboxylic acids is 2. The normalized spacial score (nSPS) is 16.7. The van der Waals surface area contributed by atoms with Crippen LogP contribution in [0.25, 0.3) is 0 Å². The van der Waals surface area contributed by atoms with E-state index in [1.807, 2.05) is 80.6 Å². The average molecular weight is 496 g/mol. The Morgan fingerprint density at radius 1 is 1.00 bits per heavy atom. The fraction of sp³-hybridized carbons (Fsp3) is 0.233. The highest BCUT2D eigenvalue weighted by Crippen LogP contribution is 2.42. The quantitative estimate of drug-likeness (QED) is 0.313. The van der Waals surface area contributed by atoms with Crippen molar-refractivity contribution in [3.8, 4) is 6.07 Å². The Hall–Kier alpha value is -3.82. The van der Waals surface area contributed by atoms with Gasteiger partial charge >= 0.3 is 0 Å². The number of aryl methyl sites for hydroxylation is 2. The molecule has 4 rings (SSSR count). The molecule has 1 N–H and O–H groups in total. The van der Waals surface area contributed by atoms with E-state index in [9.17, 15) is 14.9 Å². The van der Waals surface area contributed by atoms with Crippen LogP contribution in [0.2, 0.25) is 0 Å². The van der Waals surface area contributed by atoms with Crippen molar-refractivity contribution < 1.29 is 9.59 Å². The van der Waals surface area contributed by atoms with Crippen LogP contribution in [-0.4, -0.2) is 17.1 Å². The number of carbonyl (C=O) groups is 2. The van der Waals surface area contributed by atoms with Crippen molar-refractivity contribution in [2.45, 2.75) is 45.3 Å². The molecule has 5 nitrogen and oxygen atoms in total. The second kappa shape index (κ2) is 10.8. The summed E-state index contributed by atoms with van der Waals surface area (Å²) in [6, 6.07) is 25.2. The molecule has 0 aliphatic carbocycles. The van der Waals surface area contributed by atoms with E-state index in [-0.39, 0.29) is 11.5 Å². The lowest BCUT2D eigenvalue weighted by Gasteiger charge is -2.20. The van der Waals surface area contributed by atoms with Crippen molar-refractivity contribution >= 4 is 35.0 Å². The van der Waals surface area contributed by atoms with E-state index in [0.717, 1.165) is 22.3 Å². The third-order valence-corrected chi connectivity index (χ3v) is 7.65. The first-order valence-corrected chi connectivity index (χ1v) is 12.8. The van der Waals surface area contributed by atoms with Crippen molar-refractivity contribution in [1.29, 1.82) is 5.26 Å². The summed E-state index contributed by atoms with van der Waals surface area (Å²) in [4.78, 5) is 28.6. The number of nitrogens with zero attached hydrogens (tertiary/aromatic N) is 2. The third-order valence-electron chi connectivity index (χ3n) is 6.38. The minimum atomic E-state index is -0.526. The zero-order valence-electron chi connectivity index (χ0n) is 20.9. The molecule has 3 aromatic carbocycles. The summed E-state index contributed by atoms with van der Waals surface area (Å²) in [5.41, 5.74) is 5.43. The van der Waals surface area contributed by atoms with Gasteiger partial charge in [-0.05, 0) is 66.6 Å². The number of nitrogens with one attached hydrogen (secondary N) is 1. The Balaban J connectivity index is 1.75. The molecule has 1 heterocycles. The monoisotopic (exact) mass is 495 g/mol. The van der Waals surface area contributed by atoms with Crippen molar-refractivity contribution in [2.24, 2.45) is 0 Å². The second-order valence-corrected chi connectivity index (χ2v) is 10.4. The highest BCUT2D eigenvalue weighted by atomic mass is 32.2. The van der Waals surface area contributed by atoms with Gasteiger partial charge in [0, 0.05) is 11.4 Å². The number of amides is 2. The van der Waals surface area contributed by atoms with Gasteiger partial charge in [-0.25, -0.2) is 0 Å². The average Bonchev–Trinajstić information content (AvgIpc) is 3.17. The smallest absolute Gasteiger partial charge is 0.269 e. The highest BCUT2D eigenvalue weighted by Gasteiger charge is 2.41. The van der Waals surface area contributed by atoms with E-state index in [0.29, 0.717) is 28.7 Å². The Bertz CT molecular complexity index is 1370. The molecule has 1 fully saturated rings. The molecule has 182 valence electrons. The van der Waals surface area contributed by atoms with E-state index in [1.165, 1.54) is 16.7 Å². The number of thioether (sulfide) groups is 1. The maximum Gasteiger partial charge on any atom is 0.269 e. The Kier molecular flexibility index (Phi) is 7.61. The summed E-state index contributed by atoms with van der Waals surface area (Å²) in [6.45, 7) is 8.14. The van der Waals surface area contributed by atoms with Gasteiger partial charge in [0.2, 0.25) is 5.91 Å². The topological polar surface area (TPSA) is 73.2 Å². The summed E-state index contributed by atoms with van der Waals surface area (Å²) in [5, 5.41) is 12.8. The fourth-order valence-electron chi connectivity index (χ4n) is 4.17. The van der Waals surface area contributed by atoms with E-state index in [2.05, 4.69) is 25.2 Å². The lowest BCUT2D eigenvalue weighted by atomic mass is 10.0. The maximum absolute atomic E-state index is 13.7. The summed E-state index contributed by atoms with van der Waals surface area (Å²) in [5.74, 6) is -0.310. The van der Waals surface area contributed by atoms with E-state index >= 15 is 0 Å². The van der Waals surface area contributed by atoms with Gasteiger partial charge < -0.3 is 5.32 Å². The molecular weight excluding hydrogens is 466 g/mol. The predicted molar refractivity (Wildman–Crippen MR) is 147 cm³/mol. The van der Waals surface area contributed by atoms with Gasteiger partial charge in [0.1, 0.15) is 16.7 Å². The van der Waals surface area contributed by atoms with Crippen molar-refractivity contribution in [3.63, 3.8) is 0 Å². The first kappa shape index (κ1) is 25.3. The van der Waals surface area contributed by atoms with Gasteiger partial charge in [-0.2, -0.15) is 5.26 Å². The molecular formula is C30H29N3O2S. The fourth-order valence-corrected chi connectivity index (χ4v) is 5.46. The molecule has 1 aliphatic heterocycles. The van der Waals surface area contributed by atoms with E-state index < -0.39 is 11.2 Å². The molecule has 1 saturated heterocycles. The maximum atomic E-state index is 13.7. The molecule has 1 atom stereocenters. The molecule has 0 spiro atoms. The van der Waals surface area contributed by atoms with Gasteiger partial charge in [-0.15, -0.1) is 0 Å². The van der Waals surface area contributed by atoms with E-state index in [4.69, 9.17) is 0 Å². The second-order valence-electron chi connectivity index (χ2n) is 9.22. The molecule has 0 radical (unpaired) electrons. The van der Waals surface area contributed by atoms with E-state index in [1.54, 1.807) is 6.07 Å². The van der Waals surface area contributed by atoms with Crippen molar-refractivity contribution in [2.75, 3.05) is 10.2 Å². The number of hydrogen-bond donors (Lipinski definition) is 1. The zero-order chi connectivity index (χ0) is 25.8. The largest absolute Gasteiger partial charge is 0.321 e. The SMILES string of the molecule is Cc1ccccc1CC1S/C(=C(/C#N)C(=O)Nc2ccccc2C)N(c2ccc(C(C)C)cc2)C1=O. The lowest BCUT2D eigenvalue weighted by molar-refractivity contribution is -0.117. The minimum absolute atomic E-state index is 0.0724. The number of benzene rings is 3. The first-order valence-electron chi connectivity index (χ1n) is 12.0. The van der Waals surface area contributed by atoms with Crippen LogP contribution in [0.15, 0.2) is 83.4 Å². The molecule has 3 aromatic rings. The Morgan fingerprint density at radius 2 is 1.64 bits per heavy atom. The Labute approximate surface area is 216 Å². The van der Waals surface area contributed by atoms with Crippen molar-refractivity contribution in [3.05, 3.63) is 106 Å².